The average molecular weight is 814 g/mol. The van der Waals surface area contributed by atoms with Gasteiger partial charge in [0, 0.05) is 46.0 Å². The molecule has 13 heteroatoms. The summed E-state index contributed by atoms with van der Waals surface area (Å²) in [6.45, 7) is 3.80. The Morgan fingerprint density at radius 1 is 0.387 bits per heavy atom. The van der Waals surface area contributed by atoms with Crippen LogP contribution in [0.4, 0.5) is 34.1 Å². The number of hydrogen-bond donors (Lipinski definition) is 0. The van der Waals surface area contributed by atoms with Gasteiger partial charge in [-0.1, -0.05) is 117 Å². The quantitative estimate of drug-likeness (QED) is 0.141. The Hall–Kier alpha value is -8.32. The lowest BCUT2D eigenvalue weighted by molar-refractivity contribution is -0.140. The SMILES string of the molecule is CC1C(=O)N(Cc2ccc(N(C3=NC4=NC(N(c5ccccc5)c5ccccc5)=NC5=NC(N(c6ccccc6)c6ccccc6)=NC(=N3)N54)c3ccccc3)cc2)C(=O)C1C. The van der Waals surface area contributed by atoms with E-state index < -0.39 is 0 Å². The predicted molar refractivity (Wildman–Crippen MR) is 245 cm³/mol. The number of anilines is 6. The number of carbonyl (C=O) groups is 2. The number of hydrogen-bond acceptors (Lipinski definition) is 12. The van der Waals surface area contributed by atoms with Crippen molar-refractivity contribution in [3.05, 3.63) is 181 Å². The number of rotatable bonds is 8. The molecule has 0 aliphatic carbocycles. The molecular weight excluding hydrogens is 775 g/mol. The summed E-state index contributed by atoms with van der Waals surface area (Å²) in [5.41, 5.74) is 5.72. The summed E-state index contributed by atoms with van der Waals surface area (Å²) in [6.07, 6.45) is 0. The van der Waals surface area contributed by atoms with Gasteiger partial charge >= 0.3 is 0 Å². The Bertz CT molecular complexity index is 2660. The second-order valence-electron chi connectivity index (χ2n) is 15.0. The van der Waals surface area contributed by atoms with E-state index in [-0.39, 0.29) is 48.1 Å². The van der Waals surface area contributed by atoms with Crippen molar-refractivity contribution in [2.75, 3.05) is 14.7 Å². The molecule has 4 aliphatic heterocycles. The predicted octanol–water partition coefficient (Wildman–Crippen LogP) is 9.12. The molecule has 2 amide bonds. The fraction of sp³-hybridized carbons (Fsp3) is 0.102. The molecule has 6 aromatic carbocycles. The smallest absolute Gasteiger partial charge is 0.246 e. The second kappa shape index (κ2) is 16.0. The lowest BCUT2D eigenvalue weighted by atomic mass is 10.00. The van der Waals surface area contributed by atoms with Crippen molar-refractivity contribution >= 4 is 81.7 Å². The third-order valence-electron chi connectivity index (χ3n) is 11.1. The van der Waals surface area contributed by atoms with Crippen LogP contribution in [0.1, 0.15) is 19.4 Å². The molecule has 2 unspecified atom stereocenters. The molecule has 0 saturated carbocycles. The van der Waals surface area contributed by atoms with E-state index >= 15 is 0 Å². The first-order valence-electron chi connectivity index (χ1n) is 20.3. The summed E-state index contributed by atoms with van der Waals surface area (Å²) in [6, 6.07) is 57.2. The molecule has 0 N–H and O–H groups in total. The van der Waals surface area contributed by atoms with Gasteiger partial charge in [-0.05, 0) is 78.4 Å². The minimum atomic E-state index is -0.347. The number of benzene rings is 6. The zero-order valence-corrected chi connectivity index (χ0v) is 33.8. The van der Waals surface area contributed by atoms with Crippen LogP contribution in [0.5, 0.6) is 0 Å². The van der Waals surface area contributed by atoms with Gasteiger partial charge in [-0.2, -0.15) is 30.0 Å². The van der Waals surface area contributed by atoms with Gasteiger partial charge in [-0.25, -0.2) is 4.90 Å². The van der Waals surface area contributed by atoms with Crippen LogP contribution in [0.15, 0.2) is 206 Å². The third kappa shape index (κ3) is 7.00. The molecule has 1 fully saturated rings. The maximum atomic E-state index is 13.0. The number of carbonyl (C=O) groups excluding carboxylic acids is 2. The normalized spacial score (nSPS) is 17.8. The van der Waals surface area contributed by atoms with Crippen molar-refractivity contribution in [1.82, 2.24) is 9.80 Å². The average Bonchev–Trinajstić information content (AvgIpc) is 3.49. The molecular formula is C49H39N11O2. The maximum absolute atomic E-state index is 13.0. The van der Waals surface area contributed by atoms with E-state index in [9.17, 15) is 9.59 Å². The van der Waals surface area contributed by atoms with Crippen molar-refractivity contribution in [2.24, 2.45) is 41.8 Å². The summed E-state index contributed by atoms with van der Waals surface area (Å²) >= 11 is 0. The molecule has 2 atom stereocenters. The highest BCUT2D eigenvalue weighted by Gasteiger charge is 2.42. The molecule has 0 aromatic heterocycles. The number of imide groups is 1. The molecule has 1 saturated heterocycles. The van der Waals surface area contributed by atoms with Crippen LogP contribution < -0.4 is 14.7 Å². The van der Waals surface area contributed by atoms with E-state index in [1.54, 1.807) is 18.7 Å². The van der Waals surface area contributed by atoms with Crippen molar-refractivity contribution in [2.45, 2.75) is 20.4 Å². The highest BCUT2D eigenvalue weighted by atomic mass is 16.2. The van der Waals surface area contributed by atoms with Crippen LogP contribution >= 0.6 is 0 Å². The first-order valence-corrected chi connectivity index (χ1v) is 20.3. The Kier molecular flexibility index (Phi) is 9.81. The molecule has 62 heavy (non-hydrogen) atoms. The van der Waals surface area contributed by atoms with Gasteiger partial charge in [0.05, 0.1) is 6.54 Å². The van der Waals surface area contributed by atoms with Crippen LogP contribution in [0.25, 0.3) is 0 Å². The number of aliphatic imine (C=N–C) groups is 6. The van der Waals surface area contributed by atoms with Crippen LogP contribution in [0, 0.1) is 11.8 Å². The minimum absolute atomic E-state index is 0.155. The third-order valence-corrected chi connectivity index (χ3v) is 11.1. The van der Waals surface area contributed by atoms with E-state index in [0.29, 0.717) is 17.9 Å². The number of guanidine groups is 6. The summed E-state index contributed by atoms with van der Waals surface area (Å²) < 4.78 is 0. The largest absolute Gasteiger partial charge is 0.279 e. The highest BCUT2D eigenvalue weighted by molar-refractivity contribution is 6.34. The van der Waals surface area contributed by atoms with Crippen molar-refractivity contribution < 1.29 is 9.59 Å². The van der Waals surface area contributed by atoms with Crippen LogP contribution in [0.2, 0.25) is 0 Å². The van der Waals surface area contributed by atoms with E-state index in [0.717, 1.165) is 39.7 Å². The summed E-state index contributed by atoms with van der Waals surface area (Å²) in [7, 11) is 0. The Balaban J connectivity index is 1.14. The van der Waals surface area contributed by atoms with E-state index in [2.05, 4.69) is 0 Å². The van der Waals surface area contributed by atoms with Gasteiger partial charge in [0.2, 0.25) is 47.6 Å². The monoisotopic (exact) mass is 813 g/mol. The molecule has 4 aliphatic rings. The summed E-state index contributed by atoms with van der Waals surface area (Å²) in [5, 5.41) is 0. The zero-order valence-electron chi connectivity index (χ0n) is 33.8. The summed E-state index contributed by atoms with van der Waals surface area (Å²) in [4.78, 5) is 65.6. The van der Waals surface area contributed by atoms with E-state index in [1.165, 1.54) is 4.90 Å². The Labute approximate surface area is 358 Å². The van der Waals surface area contributed by atoms with Gasteiger partial charge in [-0.3, -0.25) is 29.2 Å². The van der Waals surface area contributed by atoms with Crippen LogP contribution in [-0.4, -0.2) is 57.4 Å². The fourth-order valence-electron chi connectivity index (χ4n) is 7.70. The zero-order chi connectivity index (χ0) is 42.2. The Morgan fingerprint density at radius 2 is 0.661 bits per heavy atom. The van der Waals surface area contributed by atoms with Crippen molar-refractivity contribution in [3.8, 4) is 0 Å². The van der Waals surface area contributed by atoms with Crippen molar-refractivity contribution in [1.29, 1.82) is 0 Å². The van der Waals surface area contributed by atoms with E-state index in [1.807, 2.05) is 191 Å². The maximum Gasteiger partial charge on any atom is 0.246 e. The number of nitrogens with zero attached hydrogens (tertiary/aromatic N) is 11. The van der Waals surface area contributed by atoms with Gasteiger partial charge in [0.25, 0.3) is 0 Å². The van der Waals surface area contributed by atoms with Gasteiger partial charge in [0.1, 0.15) is 0 Å². The fourth-order valence-corrected chi connectivity index (χ4v) is 7.70. The standard InChI is InChI=1S/C49H39N11O2/c1-33-34(2)43(62)56(42(33)61)32-35-28-30-41(31-29-35)59(40-26-16-7-17-27-40)46-54-48-52-44(57(36-18-8-3-9-19-36)37-20-10-4-11-21-37)50-47-51-45(53-49(55-46)60(47)48)58(38-22-12-5-13-23-38)39-24-14-6-15-25-39/h3-31,33-34H,32H2,1-2H3. The van der Waals surface area contributed by atoms with Crippen molar-refractivity contribution in [3.63, 3.8) is 0 Å². The van der Waals surface area contributed by atoms with Gasteiger partial charge < -0.3 is 0 Å². The first kappa shape index (κ1) is 37.9. The molecule has 302 valence electrons. The highest BCUT2D eigenvalue weighted by Crippen LogP contribution is 2.34. The summed E-state index contributed by atoms with van der Waals surface area (Å²) in [5.74, 6) is 0.801. The molecule has 13 nitrogen and oxygen atoms in total. The molecule has 0 radical (unpaired) electrons. The van der Waals surface area contributed by atoms with Gasteiger partial charge in [-0.15, -0.1) is 0 Å². The van der Waals surface area contributed by atoms with E-state index in [4.69, 9.17) is 30.0 Å². The lowest BCUT2D eigenvalue weighted by Crippen LogP contribution is -2.51. The first-order chi connectivity index (χ1) is 30.4. The molecule has 4 heterocycles. The van der Waals surface area contributed by atoms with Crippen LogP contribution in [0.3, 0.4) is 0 Å². The number of likely N-dealkylation sites (tertiary alicyclic amines) is 1. The van der Waals surface area contributed by atoms with Crippen LogP contribution in [-0.2, 0) is 16.1 Å². The number of amides is 2. The van der Waals surface area contributed by atoms with Gasteiger partial charge in [0.15, 0.2) is 0 Å². The Morgan fingerprint density at radius 3 is 0.952 bits per heavy atom. The second-order valence-corrected chi connectivity index (χ2v) is 15.0. The molecule has 6 aromatic rings. The number of para-hydroxylation sites is 5. The molecule has 0 bridgehead atoms. The molecule has 0 spiro atoms. The lowest BCUT2D eigenvalue weighted by Gasteiger charge is -2.36. The topological polar surface area (TPSA) is 124 Å². The minimum Gasteiger partial charge on any atom is -0.279 e. The molecule has 10 rings (SSSR count).